The summed E-state index contributed by atoms with van der Waals surface area (Å²) in [5.41, 5.74) is 0. The fourth-order valence-corrected chi connectivity index (χ4v) is 2.56. The predicted octanol–water partition coefficient (Wildman–Crippen LogP) is 3.64. The summed E-state index contributed by atoms with van der Waals surface area (Å²) in [4.78, 5) is 1.45. The van der Waals surface area contributed by atoms with Crippen molar-refractivity contribution in [1.82, 2.24) is 0 Å². The molecule has 1 aromatic carbocycles. The molecule has 2 rings (SSSR count). The van der Waals surface area contributed by atoms with Crippen LogP contribution in [-0.4, -0.2) is 0 Å². The first-order valence-electron chi connectivity index (χ1n) is 3.56. The molecule has 0 fully saturated rings. The Bertz CT molecular complexity index is 431. The quantitative estimate of drug-likeness (QED) is 0.614. The molecule has 0 aliphatic heterocycles. The van der Waals surface area contributed by atoms with Crippen LogP contribution in [0.4, 0.5) is 4.39 Å². The molecule has 0 nitrogen and oxygen atoms in total. The highest BCUT2D eigenvalue weighted by Crippen LogP contribution is 2.33. The minimum Gasteiger partial charge on any atom is -0.205 e. The Balaban J connectivity index is 2.97. The lowest BCUT2D eigenvalue weighted by molar-refractivity contribution is 0.635. The molecule has 0 N–H and O–H groups in total. The molecule has 0 saturated heterocycles. The van der Waals surface area contributed by atoms with Crippen molar-refractivity contribution in [3.05, 3.63) is 28.9 Å². The van der Waals surface area contributed by atoms with Crippen LogP contribution in [0.25, 0.3) is 10.1 Å². The highest BCUT2D eigenvalue weighted by Gasteiger charge is 2.09. The second kappa shape index (κ2) is 2.75. The average Bonchev–Trinajstić information content (AvgIpc) is 2.29. The van der Waals surface area contributed by atoms with Crippen molar-refractivity contribution in [2.45, 2.75) is 11.8 Å². The fourth-order valence-electron chi connectivity index (χ4n) is 1.21. The van der Waals surface area contributed by atoms with E-state index in [0.717, 1.165) is 9.58 Å². The van der Waals surface area contributed by atoms with Gasteiger partial charge in [0.25, 0.3) is 0 Å². The lowest BCUT2D eigenvalue weighted by atomic mass is 10.2. The number of thiophene rings is 1. The molecule has 0 saturated carbocycles. The number of hydrogen-bond donors (Lipinski definition) is 1. The highest BCUT2D eigenvalue weighted by atomic mass is 32.1. The van der Waals surface area contributed by atoms with Crippen LogP contribution in [-0.2, 0) is 0 Å². The van der Waals surface area contributed by atoms with E-state index in [1.165, 1.54) is 11.3 Å². The van der Waals surface area contributed by atoms with E-state index in [4.69, 9.17) is 0 Å². The van der Waals surface area contributed by atoms with Gasteiger partial charge in [-0.05, 0) is 19.1 Å². The Hall–Kier alpha value is -0.540. The molecule has 0 atom stereocenters. The summed E-state index contributed by atoms with van der Waals surface area (Å²) in [6, 6.07) is 5.61. The van der Waals surface area contributed by atoms with Crippen LogP contribution in [0, 0.1) is 12.7 Å². The predicted molar refractivity (Wildman–Crippen MR) is 53.8 cm³/mol. The molecule has 3 heteroatoms. The van der Waals surface area contributed by atoms with Crippen molar-refractivity contribution >= 4 is 34.1 Å². The van der Waals surface area contributed by atoms with Crippen LogP contribution in [0.1, 0.15) is 4.88 Å². The number of benzene rings is 1. The third-order valence-electron chi connectivity index (χ3n) is 1.80. The average molecular weight is 198 g/mol. The second-order valence-electron chi connectivity index (χ2n) is 2.62. The van der Waals surface area contributed by atoms with E-state index in [0.29, 0.717) is 10.3 Å². The minimum absolute atomic E-state index is 0.124. The van der Waals surface area contributed by atoms with Crippen molar-refractivity contribution in [3.8, 4) is 0 Å². The van der Waals surface area contributed by atoms with Crippen molar-refractivity contribution in [2.75, 3.05) is 0 Å². The van der Waals surface area contributed by atoms with Crippen molar-refractivity contribution in [3.63, 3.8) is 0 Å². The number of fused-ring (bicyclic) bond motifs is 1. The standard InChI is InChI=1S/C9H7FS2/c1-5-9(10)8-6(11)3-2-4-7(8)12-5/h2-4,11H,1H3. The molecule has 1 heterocycles. The van der Waals surface area contributed by atoms with Crippen molar-refractivity contribution in [1.29, 1.82) is 0 Å². The van der Waals surface area contributed by atoms with Crippen molar-refractivity contribution in [2.24, 2.45) is 0 Å². The maximum absolute atomic E-state index is 13.4. The van der Waals surface area contributed by atoms with E-state index in [1.54, 1.807) is 13.0 Å². The number of halogens is 1. The Morgan fingerprint density at radius 1 is 1.42 bits per heavy atom. The first-order valence-corrected chi connectivity index (χ1v) is 4.83. The maximum Gasteiger partial charge on any atom is 0.145 e. The molecule has 0 radical (unpaired) electrons. The van der Waals surface area contributed by atoms with Crippen LogP contribution < -0.4 is 0 Å². The molecule has 0 unspecified atom stereocenters. The van der Waals surface area contributed by atoms with Gasteiger partial charge in [0.15, 0.2) is 0 Å². The summed E-state index contributed by atoms with van der Waals surface area (Å²) < 4.78 is 14.4. The summed E-state index contributed by atoms with van der Waals surface area (Å²) in [6.45, 7) is 1.78. The largest absolute Gasteiger partial charge is 0.205 e. The summed E-state index contributed by atoms with van der Waals surface area (Å²) in [7, 11) is 0. The summed E-state index contributed by atoms with van der Waals surface area (Å²) in [5, 5.41) is 0.656. The SMILES string of the molecule is Cc1sc2cccc(S)c2c1F. The van der Waals surface area contributed by atoms with Gasteiger partial charge in [0.05, 0.1) is 0 Å². The summed E-state index contributed by atoms with van der Waals surface area (Å²) >= 11 is 5.67. The Morgan fingerprint density at radius 2 is 2.17 bits per heavy atom. The van der Waals surface area contributed by atoms with Gasteiger partial charge >= 0.3 is 0 Å². The van der Waals surface area contributed by atoms with Crippen LogP contribution in [0.5, 0.6) is 0 Å². The van der Waals surface area contributed by atoms with Gasteiger partial charge < -0.3 is 0 Å². The third-order valence-corrected chi connectivity index (χ3v) is 3.21. The molecule has 0 aliphatic rings. The van der Waals surface area contributed by atoms with Gasteiger partial charge in [-0.1, -0.05) is 6.07 Å². The zero-order valence-electron chi connectivity index (χ0n) is 6.47. The first kappa shape index (κ1) is 8.08. The van der Waals surface area contributed by atoms with Gasteiger partial charge in [0, 0.05) is 19.9 Å². The topological polar surface area (TPSA) is 0 Å². The molecule has 0 aliphatic carbocycles. The van der Waals surface area contributed by atoms with Crippen molar-refractivity contribution < 1.29 is 4.39 Å². The van der Waals surface area contributed by atoms with Crippen LogP contribution in [0.2, 0.25) is 0 Å². The number of thiol groups is 1. The lowest BCUT2D eigenvalue weighted by Crippen LogP contribution is -1.73. The number of rotatable bonds is 0. The summed E-state index contributed by atoms with van der Waals surface area (Å²) in [6.07, 6.45) is 0. The molecule has 12 heavy (non-hydrogen) atoms. The zero-order valence-corrected chi connectivity index (χ0v) is 8.18. The molecule has 0 spiro atoms. The van der Waals surface area contributed by atoms with Gasteiger partial charge in [-0.3, -0.25) is 0 Å². The van der Waals surface area contributed by atoms with E-state index in [9.17, 15) is 4.39 Å². The molecule has 2 aromatic rings. The van der Waals surface area contributed by atoms with E-state index < -0.39 is 0 Å². The van der Waals surface area contributed by atoms with Gasteiger partial charge in [-0.2, -0.15) is 0 Å². The second-order valence-corrected chi connectivity index (χ2v) is 4.36. The molecular weight excluding hydrogens is 191 g/mol. The van der Waals surface area contributed by atoms with Gasteiger partial charge in [0.2, 0.25) is 0 Å². The van der Waals surface area contributed by atoms with Gasteiger partial charge in [0.1, 0.15) is 5.82 Å². The Kier molecular flexibility index (Phi) is 1.85. The molecular formula is C9H7FS2. The Labute approximate surface area is 79.4 Å². The summed E-state index contributed by atoms with van der Waals surface area (Å²) in [5.74, 6) is -0.124. The Morgan fingerprint density at radius 3 is 2.83 bits per heavy atom. The highest BCUT2D eigenvalue weighted by molar-refractivity contribution is 7.80. The van der Waals surface area contributed by atoms with Crippen LogP contribution >= 0.6 is 24.0 Å². The van der Waals surface area contributed by atoms with E-state index >= 15 is 0 Å². The lowest BCUT2D eigenvalue weighted by Gasteiger charge is -1.92. The molecule has 0 amide bonds. The normalized spacial score (nSPS) is 10.9. The number of hydrogen-bond acceptors (Lipinski definition) is 2. The van der Waals surface area contributed by atoms with Crippen LogP contribution in [0.15, 0.2) is 23.1 Å². The van der Waals surface area contributed by atoms with Gasteiger partial charge in [-0.15, -0.1) is 24.0 Å². The minimum atomic E-state index is -0.124. The zero-order chi connectivity index (χ0) is 8.72. The fraction of sp³-hybridized carbons (Fsp3) is 0.111. The van der Waals surface area contributed by atoms with Crippen LogP contribution in [0.3, 0.4) is 0 Å². The third kappa shape index (κ3) is 1.04. The first-order chi connectivity index (χ1) is 5.70. The monoisotopic (exact) mass is 198 g/mol. The maximum atomic E-state index is 13.4. The van der Waals surface area contributed by atoms with E-state index in [2.05, 4.69) is 12.6 Å². The van der Waals surface area contributed by atoms with Gasteiger partial charge in [-0.25, -0.2) is 4.39 Å². The van der Waals surface area contributed by atoms with E-state index in [1.807, 2.05) is 12.1 Å². The van der Waals surface area contributed by atoms with E-state index in [-0.39, 0.29) is 5.82 Å². The molecule has 0 bridgehead atoms. The number of aryl methyl sites for hydroxylation is 1. The molecule has 1 aromatic heterocycles. The smallest absolute Gasteiger partial charge is 0.145 e. The molecule has 62 valence electrons.